The van der Waals surface area contributed by atoms with Crippen molar-refractivity contribution < 1.29 is 19.1 Å². The van der Waals surface area contributed by atoms with Gasteiger partial charge in [0.25, 0.3) is 0 Å². The molecule has 4 rings (SSSR count). The predicted octanol–water partition coefficient (Wildman–Crippen LogP) is 8.76. The molecule has 8 heteroatoms. The van der Waals surface area contributed by atoms with Crippen LogP contribution in [0.15, 0.2) is 48.1 Å². The Labute approximate surface area is 260 Å². The third-order valence-corrected chi connectivity index (χ3v) is 8.92. The van der Waals surface area contributed by atoms with E-state index in [1.54, 1.807) is 24.5 Å². The van der Waals surface area contributed by atoms with Crippen molar-refractivity contribution in [1.82, 2.24) is 9.88 Å². The Kier molecular flexibility index (Phi) is 13.9. The van der Waals surface area contributed by atoms with Crippen LogP contribution in [0.25, 0.3) is 15.8 Å². The standard InChI is InChI=1S/C16H19ClO.C16H20N2O3S.C2H6/c1-10(2)12(4)14(9-18)13(5)16-11(3)7-6-8-15(16)17;1-18-6-4-10(5-7-18)15-17-14-12(20-2)8-11(16(19)21-3)9-13(14)22-15;1-2/h6-10H,5H2,1-4H3;8-10H,4-7H2,1-3H3;1-2H3/b14-12+;;. The number of nitrogens with zero attached hydrogens (tertiary/aromatic N) is 2. The molecule has 0 radical (unpaired) electrons. The number of rotatable bonds is 7. The van der Waals surface area contributed by atoms with Crippen molar-refractivity contribution in [2.75, 3.05) is 34.4 Å². The number of carbonyl (C=O) groups excluding carboxylic acids is 2. The summed E-state index contributed by atoms with van der Waals surface area (Å²) in [7, 11) is 5.14. The van der Waals surface area contributed by atoms with Gasteiger partial charge in [-0.15, -0.1) is 11.3 Å². The molecule has 0 spiro atoms. The molecule has 0 amide bonds. The Balaban J connectivity index is 0.000000283. The summed E-state index contributed by atoms with van der Waals surface area (Å²) < 4.78 is 11.2. The Morgan fingerprint density at radius 2 is 1.83 bits per heavy atom. The highest BCUT2D eigenvalue weighted by atomic mass is 35.5. The van der Waals surface area contributed by atoms with Crippen molar-refractivity contribution in [3.05, 3.63) is 74.8 Å². The molecule has 0 unspecified atom stereocenters. The lowest BCUT2D eigenvalue weighted by atomic mass is 9.90. The van der Waals surface area contributed by atoms with Gasteiger partial charge >= 0.3 is 5.97 Å². The van der Waals surface area contributed by atoms with E-state index in [-0.39, 0.29) is 5.97 Å². The molecule has 1 fully saturated rings. The van der Waals surface area contributed by atoms with Gasteiger partial charge in [0, 0.05) is 22.1 Å². The lowest BCUT2D eigenvalue weighted by Crippen LogP contribution is -2.29. The SMILES string of the molecule is C=C(/C(C=O)=C(\C)C(C)C)c1c(C)cccc1Cl.CC.COC(=O)c1cc(OC)c2nc(C3CCN(C)CC3)sc2c1. The van der Waals surface area contributed by atoms with Crippen molar-refractivity contribution in [2.24, 2.45) is 5.92 Å². The van der Waals surface area contributed by atoms with E-state index < -0.39 is 0 Å². The molecule has 2 aromatic carbocycles. The van der Waals surface area contributed by atoms with Gasteiger partial charge in [0.15, 0.2) is 6.29 Å². The normalized spacial score (nSPS) is 14.3. The number of aromatic nitrogens is 1. The van der Waals surface area contributed by atoms with Crippen LogP contribution in [0, 0.1) is 12.8 Å². The number of carbonyl (C=O) groups is 2. The second kappa shape index (κ2) is 16.6. The molecule has 0 aliphatic carbocycles. The van der Waals surface area contributed by atoms with Crippen LogP contribution in [-0.2, 0) is 9.53 Å². The fourth-order valence-electron chi connectivity index (χ4n) is 4.70. The van der Waals surface area contributed by atoms with E-state index in [0.717, 1.165) is 64.1 Å². The number of hydrogen-bond acceptors (Lipinski definition) is 7. The molecule has 6 nitrogen and oxygen atoms in total. The van der Waals surface area contributed by atoms with E-state index in [9.17, 15) is 9.59 Å². The molecule has 0 saturated carbocycles. The highest BCUT2D eigenvalue weighted by Gasteiger charge is 2.23. The summed E-state index contributed by atoms with van der Waals surface area (Å²) in [5, 5.41) is 1.78. The fourth-order valence-corrected chi connectivity index (χ4v) is 6.23. The summed E-state index contributed by atoms with van der Waals surface area (Å²) >= 11 is 7.87. The van der Waals surface area contributed by atoms with Gasteiger partial charge in [0.05, 0.1) is 29.5 Å². The van der Waals surface area contributed by atoms with Crippen LogP contribution >= 0.6 is 22.9 Å². The number of aldehydes is 1. The molecule has 0 bridgehead atoms. The molecule has 1 aromatic heterocycles. The highest BCUT2D eigenvalue weighted by Crippen LogP contribution is 2.38. The molecule has 1 aliphatic heterocycles. The van der Waals surface area contributed by atoms with E-state index in [1.807, 2.05) is 52.0 Å². The largest absolute Gasteiger partial charge is 0.494 e. The van der Waals surface area contributed by atoms with Gasteiger partial charge in [-0.2, -0.15) is 0 Å². The van der Waals surface area contributed by atoms with Crippen molar-refractivity contribution in [1.29, 1.82) is 0 Å². The first-order valence-corrected chi connectivity index (χ1v) is 15.6. The molecule has 0 N–H and O–H groups in total. The van der Waals surface area contributed by atoms with Gasteiger partial charge in [0.1, 0.15) is 11.3 Å². The zero-order valence-corrected chi connectivity index (χ0v) is 28.0. The minimum absolute atomic E-state index is 0.310. The van der Waals surface area contributed by atoms with Gasteiger partial charge in [-0.25, -0.2) is 9.78 Å². The minimum Gasteiger partial charge on any atom is -0.494 e. The number of benzene rings is 2. The Morgan fingerprint density at radius 3 is 2.36 bits per heavy atom. The second-order valence-corrected chi connectivity index (χ2v) is 11.9. The van der Waals surface area contributed by atoms with Crippen LogP contribution in [0.3, 0.4) is 0 Å². The van der Waals surface area contributed by atoms with Crippen LogP contribution in [0.2, 0.25) is 5.02 Å². The fraction of sp³-hybridized carbons (Fsp3) is 0.441. The van der Waals surface area contributed by atoms with E-state index in [4.69, 9.17) is 26.1 Å². The lowest BCUT2D eigenvalue weighted by Gasteiger charge is -2.27. The summed E-state index contributed by atoms with van der Waals surface area (Å²) in [6, 6.07) is 9.24. The third-order valence-electron chi connectivity index (χ3n) is 7.44. The number of fused-ring (bicyclic) bond motifs is 1. The number of hydrogen-bond donors (Lipinski definition) is 0. The van der Waals surface area contributed by atoms with Gasteiger partial charge in [-0.05, 0) is 82.1 Å². The topological polar surface area (TPSA) is 68.7 Å². The quantitative estimate of drug-likeness (QED) is 0.115. The van der Waals surface area contributed by atoms with Gasteiger partial charge in [-0.1, -0.05) is 63.6 Å². The first-order valence-electron chi connectivity index (χ1n) is 14.4. The van der Waals surface area contributed by atoms with Crippen molar-refractivity contribution in [3.8, 4) is 5.75 Å². The van der Waals surface area contributed by atoms with Crippen LogP contribution in [0.5, 0.6) is 5.75 Å². The number of allylic oxidation sites excluding steroid dienone is 3. The molecule has 42 heavy (non-hydrogen) atoms. The van der Waals surface area contributed by atoms with Crippen LogP contribution in [0.4, 0.5) is 0 Å². The van der Waals surface area contributed by atoms with Crippen molar-refractivity contribution in [2.45, 2.75) is 60.3 Å². The predicted molar refractivity (Wildman–Crippen MR) is 177 cm³/mol. The van der Waals surface area contributed by atoms with E-state index >= 15 is 0 Å². The van der Waals surface area contributed by atoms with Crippen molar-refractivity contribution >= 4 is 51.0 Å². The summed E-state index contributed by atoms with van der Waals surface area (Å²) in [4.78, 5) is 30.2. The number of aryl methyl sites for hydroxylation is 1. The van der Waals surface area contributed by atoms with E-state index in [1.165, 1.54) is 7.11 Å². The molecule has 0 atom stereocenters. The molecule has 1 saturated heterocycles. The zero-order chi connectivity index (χ0) is 31.6. The molecule has 2 heterocycles. The summed E-state index contributed by atoms with van der Waals surface area (Å²) in [5.74, 6) is 1.09. The Bertz CT molecular complexity index is 1400. The van der Waals surface area contributed by atoms with Crippen LogP contribution in [0.1, 0.15) is 79.9 Å². The molecule has 3 aromatic rings. The van der Waals surface area contributed by atoms with E-state index in [0.29, 0.717) is 39.3 Å². The second-order valence-electron chi connectivity index (χ2n) is 10.4. The maximum absolute atomic E-state index is 11.8. The monoisotopic (exact) mass is 612 g/mol. The first-order chi connectivity index (χ1) is 20.0. The minimum atomic E-state index is -0.352. The molecule has 1 aliphatic rings. The maximum Gasteiger partial charge on any atom is 0.338 e. The third kappa shape index (κ3) is 8.52. The maximum atomic E-state index is 11.8. The summed E-state index contributed by atoms with van der Waals surface area (Å²) in [5.41, 5.74) is 5.64. The Hall–Kier alpha value is -3.00. The smallest absolute Gasteiger partial charge is 0.338 e. The lowest BCUT2D eigenvalue weighted by molar-refractivity contribution is -0.104. The number of methoxy groups -OCH3 is 2. The number of halogens is 1. The van der Waals surface area contributed by atoms with Gasteiger partial charge in [-0.3, -0.25) is 4.79 Å². The summed E-state index contributed by atoms with van der Waals surface area (Å²) in [6.07, 6.45) is 3.13. The molecular weight excluding hydrogens is 568 g/mol. The number of ether oxygens (including phenoxy) is 2. The number of esters is 1. The average molecular weight is 613 g/mol. The number of piperidine rings is 1. The molecule has 228 valence electrons. The number of likely N-dealkylation sites (tertiary alicyclic amines) is 1. The number of thiazole rings is 1. The Morgan fingerprint density at radius 1 is 1.19 bits per heavy atom. The van der Waals surface area contributed by atoms with Crippen LogP contribution in [-0.4, -0.2) is 56.5 Å². The van der Waals surface area contributed by atoms with Gasteiger partial charge in [0.2, 0.25) is 0 Å². The first kappa shape index (κ1) is 35.2. The average Bonchev–Trinajstić information content (AvgIpc) is 3.42. The van der Waals surface area contributed by atoms with Crippen molar-refractivity contribution in [3.63, 3.8) is 0 Å². The zero-order valence-electron chi connectivity index (χ0n) is 26.5. The highest BCUT2D eigenvalue weighted by molar-refractivity contribution is 7.18. The van der Waals surface area contributed by atoms with Gasteiger partial charge < -0.3 is 14.4 Å². The van der Waals surface area contributed by atoms with E-state index in [2.05, 4.69) is 32.4 Å². The van der Waals surface area contributed by atoms with Crippen LogP contribution < -0.4 is 4.74 Å². The summed E-state index contributed by atoms with van der Waals surface area (Å²) in [6.45, 7) is 18.3. The molecular formula is C34H45ClN2O4S.